The van der Waals surface area contributed by atoms with E-state index in [-0.39, 0.29) is 12.5 Å². The Hall–Kier alpha value is -2.81. The van der Waals surface area contributed by atoms with E-state index < -0.39 is 0 Å². The number of anilines is 1. The Labute approximate surface area is 141 Å². The van der Waals surface area contributed by atoms with Gasteiger partial charge >= 0.3 is 0 Å². The van der Waals surface area contributed by atoms with Gasteiger partial charge in [-0.15, -0.1) is 0 Å². The molecule has 2 heterocycles. The molecule has 1 aliphatic carbocycles. The zero-order chi connectivity index (χ0) is 17.1. The maximum Gasteiger partial charge on any atom is 0.239 e. The Morgan fingerprint density at radius 1 is 1.46 bits per heavy atom. The van der Waals surface area contributed by atoms with Crippen molar-refractivity contribution >= 4 is 11.7 Å². The van der Waals surface area contributed by atoms with Crippen molar-refractivity contribution in [2.75, 3.05) is 18.5 Å². The molecule has 0 aliphatic heterocycles. The SMILES string of the molecule is C[C@H]1C[C@H]1c1ccc(CNC(=O)CN(C)c2ccc(C#N)cn2)o1. The molecule has 24 heavy (non-hydrogen) atoms. The van der Waals surface area contributed by atoms with Crippen LogP contribution in [0.4, 0.5) is 5.82 Å². The van der Waals surface area contributed by atoms with E-state index in [2.05, 4.69) is 17.2 Å². The van der Waals surface area contributed by atoms with E-state index in [9.17, 15) is 4.79 Å². The molecule has 3 rings (SSSR count). The van der Waals surface area contributed by atoms with Crippen molar-refractivity contribution in [2.24, 2.45) is 5.92 Å². The lowest BCUT2D eigenvalue weighted by molar-refractivity contribution is -0.120. The van der Waals surface area contributed by atoms with Crippen LogP contribution in [0.5, 0.6) is 0 Å². The number of carbonyl (C=O) groups excluding carboxylic acids is 1. The normalized spacial score (nSPS) is 18.7. The minimum atomic E-state index is -0.110. The molecule has 2 aromatic heterocycles. The van der Waals surface area contributed by atoms with Crippen LogP contribution in [0.15, 0.2) is 34.9 Å². The van der Waals surface area contributed by atoms with Crippen molar-refractivity contribution in [2.45, 2.75) is 25.8 Å². The molecule has 0 aromatic carbocycles. The molecule has 0 radical (unpaired) electrons. The molecule has 1 fully saturated rings. The fourth-order valence-corrected chi connectivity index (χ4v) is 2.62. The Kier molecular flexibility index (Phi) is 4.52. The highest BCUT2D eigenvalue weighted by Crippen LogP contribution is 2.47. The Balaban J connectivity index is 1.48. The van der Waals surface area contributed by atoms with Crippen LogP contribution in [-0.2, 0) is 11.3 Å². The number of nitriles is 1. The second-order valence-electron chi connectivity index (χ2n) is 6.27. The number of nitrogens with one attached hydrogen (secondary N) is 1. The summed E-state index contributed by atoms with van der Waals surface area (Å²) in [5, 5.41) is 11.6. The van der Waals surface area contributed by atoms with Crippen LogP contribution in [0.25, 0.3) is 0 Å². The van der Waals surface area contributed by atoms with E-state index in [4.69, 9.17) is 9.68 Å². The second kappa shape index (κ2) is 6.75. The Morgan fingerprint density at radius 3 is 2.88 bits per heavy atom. The molecule has 2 aromatic rings. The van der Waals surface area contributed by atoms with Gasteiger partial charge in [0, 0.05) is 19.2 Å². The van der Waals surface area contributed by atoms with E-state index >= 15 is 0 Å². The fraction of sp³-hybridized carbons (Fsp3) is 0.389. The summed E-state index contributed by atoms with van der Waals surface area (Å²) in [6, 6.07) is 9.35. The number of furan rings is 1. The van der Waals surface area contributed by atoms with E-state index in [0.717, 1.165) is 11.5 Å². The molecular weight excluding hydrogens is 304 g/mol. The zero-order valence-corrected chi connectivity index (χ0v) is 13.8. The van der Waals surface area contributed by atoms with Gasteiger partial charge in [-0.25, -0.2) is 4.98 Å². The number of hydrogen-bond acceptors (Lipinski definition) is 5. The highest BCUT2D eigenvalue weighted by Gasteiger charge is 2.36. The van der Waals surface area contributed by atoms with Crippen molar-refractivity contribution in [3.05, 3.63) is 47.5 Å². The van der Waals surface area contributed by atoms with E-state index in [0.29, 0.717) is 29.8 Å². The van der Waals surface area contributed by atoms with Gasteiger partial charge in [-0.2, -0.15) is 5.26 Å². The average molecular weight is 324 g/mol. The summed E-state index contributed by atoms with van der Waals surface area (Å²) < 4.78 is 5.77. The van der Waals surface area contributed by atoms with Crippen molar-refractivity contribution in [1.29, 1.82) is 5.26 Å². The topological polar surface area (TPSA) is 82.2 Å². The van der Waals surface area contributed by atoms with Crippen LogP contribution < -0.4 is 10.2 Å². The van der Waals surface area contributed by atoms with Gasteiger partial charge in [0.05, 0.1) is 18.7 Å². The minimum absolute atomic E-state index is 0.110. The number of amides is 1. The van der Waals surface area contributed by atoms with Crippen molar-refractivity contribution in [3.63, 3.8) is 0 Å². The molecule has 1 N–H and O–H groups in total. The first-order chi connectivity index (χ1) is 11.6. The highest BCUT2D eigenvalue weighted by molar-refractivity contribution is 5.80. The molecule has 0 spiro atoms. The predicted octanol–water partition coefficient (Wildman–Crippen LogP) is 2.42. The molecule has 1 aliphatic rings. The summed E-state index contributed by atoms with van der Waals surface area (Å²) in [5.74, 6) is 3.58. The highest BCUT2D eigenvalue weighted by atomic mass is 16.3. The number of aromatic nitrogens is 1. The lowest BCUT2D eigenvalue weighted by atomic mass is 10.3. The third kappa shape index (κ3) is 3.74. The van der Waals surface area contributed by atoms with Gasteiger partial charge in [-0.3, -0.25) is 4.79 Å². The first-order valence-corrected chi connectivity index (χ1v) is 7.99. The van der Waals surface area contributed by atoms with E-state index in [1.54, 1.807) is 24.1 Å². The number of nitrogens with zero attached hydrogens (tertiary/aromatic N) is 3. The van der Waals surface area contributed by atoms with Crippen LogP contribution in [0.1, 0.15) is 36.3 Å². The van der Waals surface area contributed by atoms with Gasteiger partial charge < -0.3 is 14.6 Å². The minimum Gasteiger partial charge on any atom is -0.464 e. The van der Waals surface area contributed by atoms with E-state index in [1.807, 2.05) is 18.2 Å². The van der Waals surface area contributed by atoms with Gasteiger partial charge in [-0.1, -0.05) is 6.92 Å². The van der Waals surface area contributed by atoms with Crippen LogP contribution in [0.2, 0.25) is 0 Å². The van der Waals surface area contributed by atoms with Crippen LogP contribution >= 0.6 is 0 Å². The summed E-state index contributed by atoms with van der Waals surface area (Å²) >= 11 is 0. The maximum atomic E-state index is 12.1. The molecule has 2 atom stereocenters. The summed E-state index contributed by atoms with van der Waals surface area (Å²) in [4.78, 5) is 17.9. The molecule has 0 bridgehead atoms. The first kappa shape index (κ1) is 16.1. The van der Waals surface area contributed by atoms with Gasteiger partial charge in [0.25, 0.3) is 0 Å². The van der Waals surface area contributed by atoms with Crippen molar-refractivity contribution in [3.8, 4) is 6.07 Å². The monoisotopic (exact) mass is 324 g/mol. The molecule has 0 saturated heterocycles. The molecular formula is C18H20N4O2. The number of rotatable bonds is 6. The third-order valence-corrected chi connectivity index (χ3v) is 4.27. The smallest absolute Gasteiger partial charge is 0.239 e. The van der Waals surface area contributed by atoms with Crippen molar-refractivity contribution in [1.82, 2.24) is 10.3 Å². The lowest BCUT2D eigenvalue weighted by Gasteiger charge is -2.17. The summed E-state index contributed by atoms with van der Waals surface area (Å²) in [5.41, 5.74) is 0.496. The van der Waals surface area contributed by atoms with E-state index in [1.165, 1.54) is 12.6 Å². The number of pyridine rings is 1. The van der Waals surface area contributed by atoms with Crippen LogP contribution in [-0.4, -0.2) is 24.5 Å². The molecule has 6 heteroatoms. The van der Waals surface area contributed by atoms with Gasteiger partial charge in [-0.05, 0) is 36.6 Å². The largest absolute Gasteiger partial charge is 0.464 e. The quantitative estimate of drug-likeness (QED) is 0.882. The standard InChI is InChI=1S/C18H20N4O2/c1-12-7-15(12)16-5-4-14(24-16)10-21-18(23)11-22(2)17-6-3-13(8-19)9-20-17/h3-6,9,12,15H,7,10-11H2,1-2H3,(H,21,23)/t12-,15+/m0/s1. The number of hydrogen-bond donors (Lipinski definition) is 1. The summed E-state index contributed by atoms with van der Waals surface area (Å²) in [7, 11) is 1.79. The van der Waals surface area contributed by atoms with Crippen LogP contribution in [0.3, 0.4) is 0 Å². The first-order valence-electron chi connectivity index (χ1n) is 7.99. The Bertz CT molecular complexity index is 760. The summed E-state index contributed by atoms with van der Waals surface area (Å²) in [6.07, 6.45) is 2.68. The fourth-order valence-electron chi connectivity index (χ4n) is 2.62. The third-order valence-electron chi connectivity index (χ3n) is 4.27. The predicted molar refractivity (Wildman–Crippen MR) is 89.3 cm³/mol. The van der Waals surface area contributed by atoms with Gasteiger partial charge in [0.15, 0.2) is 0 Å². The van der Waals surface area contributed by atoms with Gasteiger partial charge in [0.1, 0.15) is 23.4 Å². The molecule has 1 amide bonds. The molecule has 0 unspecified atom stereocenters. The average Bonchev–Trinajstić information content (AvgIpc) is 3.13. The lowest BCUT2D eigenvalue weighted by Crippen LogP contribution is -2.35. The molecule has 124 valence electrons. The van der Waals surface area contributed by atoms with Crippen molar-refractivity contribution < 1.29 is 9.21 Å². The maximum absolute atomic E-state index is 12.1. The summed E-state index contributed by atoms with van der Waals surface area (Å²) in [6.45, 7) is 2.78. The second-order valence-corrected chi connectivity index (χ2v) is 6.27. The van der Waals surface area contributed by atoms with Crippen LogP contribution in [0, 0.1) is 17.2 Å². The zero-order valence-electron chi connectivity index (χ0n) is 13.8. The molecule has 6 nitrogen and oxygen atoms in total. The van der Waals surface area contributed by atoms with Gasteiger partial charge in [0.2, 0.25) is 5.91 Å². The Morgan fingerprint density at radius 2 is 2.25 bits per heavy atom. The number of likely N-dealkylation sites (N-methyl/N-ethyl adjacent to an activating group) is 1. The number of carbonyl (C=O) groups is 1. The molecule has 1 saturated carbocycles.